The second-order valence-electron chi connectivity index (χ2n) is 7.57. The van der Waals surface area contributed by atoms with E-state index in [-0.39, 0.29) is 18.9 Å². The standard InChI is InChI=1S/C23H30N2O6S/c1-29-20-10-7-18(8-11-20)5-3-13-24-23(26)6-4-14-25(32(2,27)28)19-9-12-21-22(17-19)31-16-15-30-21/h7-12,17H,3-6,13-16H2,1-2H3,(H,24,26). The maximum absolute atomic E-state index is 12.3. The van der Waals surface area contributed by atoms with Gasteiger partial charge in [0.25, 0.3) is 0 Å². The van der Waals surface area contributed by atoms with Crippen LogP contribution in [-0.2, 0) is 21.2 Å². The third kappa shape index (κ3) is 6.78. The summed E-state index contributed by atoms with van der Waals surface area (Å²) in [7, 11) is -1.87. The molecular formula is C23H30N2O6S. The number of aryl methyl sites for hydroxylation is 1. The van der Waals surface area contributed by atoms with Crippen LogP contribution in [0.25, 0.3) is 0 Å². The summed E-state index contributed by atoms with van der Waals surface area (Å²) in [4.78, 5) is 12.2. The van der Waals surface area contributed by atoms with Gasteiger partial charge >= 0.3 is 0 Å². The highest BCUT2D eigenvalue weighted by Gasteiger charge is 2.21. The molecule has 0 saturated heterocycles. The number of carbonyl (C=O) groups excluding carboxylic acids is 1. The van der Waals surface area contributed by atoms with Gasteiger partial charge < -0.3 is 19.5 Å². The molecule has 1 heterocycles. The minimum atomic E-state index is -3.50. The summed E-state index contributed by atoms with van der Waals surface area (Å²) in [6, 6.07) is 12.9. The Balaban J connectivity index is 1.43. The first-order chi connectivity index (χ1) is 15.4. The summed E-state index contributed by atoms with van der Waals surface area (Å²) < 4.78 is 42.1. The van der Waals surface area contributed by atoms with E-state index in [2.05, 4.69) is 5.32 Å². The number of nitrogens with one attached hydrogen (secondary N) is 1. The van der Waals surface area contributed by atoms with Gasteiger partial charge in [0.2, 0.25) is 15.9 Å². The van der Waals surface area contributed by atoms with Crippen molar-refractivity contribution in [2.45, 2.75) is 25.7 Å². The topological polar surface area (TPSA) is 94.2 Å². The Labute approximate surface area is 189 Å². The number of nitrogens with zero attached hydrogens (tertiary/aromatic N) is 1. The molecule has 0 fully saturated rings. The second kappa shape index (κ2) is 11.1. The quantitative estimate of drug-likeness (QED) is 0.516. The van der Waals surface area contributed by atoms with Crippen LogP contribution in [-0.4, -0.2) is 54.0 Å². The van der Waals surface area contributed by atoms with Crippen molar-refractivity contribution < 1.29 is 27.4 Å². The highest BCUT2D eigenvalue weighted by atomic mass is 32.2. The Kier molecular flexibility index (Phi) is 8.21. The van der Waals surface area contributed by atoms with E-state index in [9.17, 15) is 13.2 Å². The molecule has 1 aliphatic rings. The van der Waals surface area contributed by atoms with Gasteiger partial charge in [0.1, 0.15) is 19.0 Å². The molecule has 0 spiro atoms. The Hall–Kier alpha value is -2.94. The fraction of sp³-hybridized carbons (Fsp3) is 0.435. The van der Waals surface area contributed by atoms with Gasteiger partial charge in [-0.3, -0.25) is 9.10 Å². The number of ether oxygens (including phenoxy) is 3. The highest BCUT2D eigenvalue weighted by Crippen LogP contribution is 2.34. The van der Waals surface area contributed by atoms with E-state index in [1.165, 1.54) is 9.87 Å². The second-order valence-corrected chi connectivity index (χ2v) is 9.48. The average Bonchev–Trinajstić information content (AvgIpc) is 2.79. The zero-order chi connectivity index (χ0) is 23.0. The van der Waals surface area contributed by atoms with Crippen molar-refractivity contribution >= 4 is 21.6 Å². The van der Waals surface area contributed by atoms with Crippen molar-refractivity contribution in [3.8, 4) is 17.2 Å². The van der Waals surface area contributed by atoms with Crippen LogP contribution in [0.4, 0.5) is 5.69 Å². The number of fused-ring (bicyclic) bond motifs is 1. The Morgan fingerprint density at radius 2 is 1.78 bits per heavy atom. The fourth-order valence-corrected chi connectivity index (χ4v) is 4.41. The molecule has 0 radical (unpaired) electrons. The van der Waals surface area contributed by atoms with Crippen molar-refractivity contribution in [3.63, 3.8) is 0 Å². The number of benzene rings is 2. The van der Waals surface area contributed by atoms with E-state index < -0.39 is 10.0 Å². The zero-order valence-electron chi connectivity index (χ0n) is 18.5. The van der Waals surface area contributed by atoms with Gasteiger partial charge in [-0.2, -0.15) is 0 Å². The lowest BCUT2D eigenvalue weighted by Crippen LogP contribution is -2.32. The lowest BCUT2D eigenvalue weighted by molar-refractivity contribution is -0.121. The van der Waals surface area contributed by atoms with Crippen LogP contribution in [0.15, 0.2) is 42.5 Å². The van der Waals surface area contributed by atoms with Crippen LogP contribution in [0.5, 0.6) is 17.2 Å². The molecule has 0 unspecified atom stereocenters. The van der Waals surface area contributed by atoms with Crippen LogP contribution >= 0.6 is 0 Å². The van der Waals surface area contributed by atoms with Crippen molar-refractivity contribution in [3.05, 3.63) is 48.0 Å². The van der Waals surface area contributed by atoms with Crippen LogP contribution in [0.3, 0.4) is 0 Å². The third-order valence-electron chi connectivity index (χ3n) is 5.10. The zero-order valence-corrected chi connectivity index (χ0v) is 19.3. The fourth-order valence-electron chi connectivity index (χ4n) is 3.46. The molecule has 1 amide bonds. The van der Waals surface area contributed by atoms with E-state index in [0.717, 1.165) is 24.8 Å². The average molecular weight is 463 g/mol. The Morgan fingerprint density at radius 1 is 1.06 bits per heavy atom. The van der Waals surface area contributed by atoms with Gasteiger partial charge in [-0.25, -0.2) is 8.42 Å². The van der Waals surface area contributed by atoms with Crippen molar-refractivity contribution in [1.82, 2.24) is 5.32 Å². The van der Waals surface area contributed by atoms with Crippen molar-refractivity contribution in [2.75, 3.05) is 44.0 Å². The number of methoxy groups -OCH3 is 1. The number of rotatable bonds is 11. The van der Waals surface area contributed by atoms with E-state index in [1.807, 2.05) is 24.3 Å². The monoisotopic (exact) mass is 462 g/mol. The summed E-state index contributed by atoms with van der Waals surface area (Å²) in [5.74, 6) is 1.86. The molecule has 0 atom stereocenters. The van der Waals surface area contributed by atoms with Crippen molar-refractivity contribution in [2.24, 2.45) is 0 Å². The first-order valence-electron chi connectivity index (χ1n) is 10.6. The molecule has 1 N–H and O–H groups in total. The summed E-state index contributed by atoms with van der Waals surface area (Å²) in [6.07, 6.45) is 3.49. The number of carbonyl (C=O) groups is 1. The number of hydrogen-bond donors (Lipinski definition) is 1. The van der Waals surface area contributed by atoms with Gasteiger partial charge in [0.05, 0.1) is 19.1 Å². The SMILES string of the molecule is COc1ccc(CCCNC(=O)CCCN(c2ccc3c(c2)OCCO3)S(C)(=O)=O)cc1. The maximum atomic E-state index is 12.3. The predicted octanol–water partition coefficient (Wildman–Crippen LogP) is 2.76. The highest BCUT2D eigenvalue weighted by molar-refractivity contribution is 7.92. The molecular weight excluding hydrogens is 432 g/mol. The first kappa shape index (κ1) is 23.7. The maximum Gasteiger partial charge on any atom is 0.232 e. The molecule has 8 nitrogen and oxygen atoms in total. The van der Waals surface area contributed by atoms with Crippen LogP contribution < -0.4 is 23.8 Å². The van der Waals surface area contributed by atoms with Gasteiger partial charge in [0, 0.05) is 25.6 Å². The molecule has 2 aromatic carbocycles. The van der Waals surface area contributed by atoms with E-state index in [0.29, 0.717) is 43.4 Å². The molecule has 32 heavy (non-hydrogen) atoms. The molecule has 0 aromatic heterocycles. The van der Waals surface area contributed by atoms with Gasteiger partial charge in [0.15, 0.2) is 11.5 Å². The first-order valence-corrected chi connectivity index (χ1v) is 12.5. The van der Waals surface area contributed by atoms with Crippen LogP contribution in [0, 0.1) is 0 Å². The molecule has 0 aliphatic carbocycles. The van der Waals surface area contributed by atoms with Crippen LogP contribution in [0.2, 0.25) is 0 Å². The molecule has 2 aromatic rings. The molecule has 0 saturated carbocycles. The van der Waals surface area contributed by atoms with E-state index in [1.54, 1.807) is 25.3 Å². The van der Waals surface area contributed by atoms with Gasteiger partial charge in [-0.15, -0.1) is 0 Å². The molecule has 0 bridgehead atoms. The van der Waals surface area contributed by atoms with Crippen LogP contribution in [0.1, 0.15) is 24.8 Å². The lowest BCUT2D eigenvalue weighted by Gasteiger charge is -2.25. The van der Waals surface area contributed by atoms with E-state index >= 15 is 0 Å². The third-order valence-corrected chi connectivity index (χ3v) is 6.30. The summed E-state index contributed by atoms with van der Waals surface area (Å²) in [5, 5.41) is 2.90. The molecule has 1 aliphatic heterocycles. The minimum absolute atomic E-state index is 0.0876. The largest absolute Gasteiger partial charge is 0.497 e. The van der Waals surface area contributed by atoms with Crippen molar-refractivity contribution in [1.29, 1.82) is 0 Å². The Bertz CT molecular complexity index is 1010. The molecule has 3 rings (SSSR count). The molecule has 9 heteroatoms. The van der Waals surface area contributed by atoms with Gasteiger partial charge in [-0.1, -0.05) is 12.1 Å². The smallest absolute Gasteiger partial charge is 0.232 e. The number of sulfonamides is 1. The minimum Gasteiger partial charge on any atom is -0.497 e. The molecule has 174 valence electrons. The number of amides is 1. The predicted molar refractivity (Wildman–Crippen MR) is 123 cm³/mol. The number of anilines is 1. The summed E-state index contributed by atoms with van der Waals surface area (Å²) in [6.45, 7) is 1.67. The normalized spacial score (nSPS) is 12.8. The number of hydrogen-bond acceptors (Lipinski definition) is 6. The van der Waals surface area contributed by atoms with Gasteiger partial charge in [-0.05, 0) is 49.1 Å². The summed E-state index contributed by atoms with van der Waals surface area (Å²) in [5.41, 5.74) is 1.68. The Morgan fingerprint density at radius 3 is 2.47 bits per heavy atom. The van der Waals surface area contributed by atoms with E-state index in [4.69, 9.17) is 14.2 Å². The lowest BCUT2D eigenvalue weighted by atomic mass is 10.1. The summed E-state index contributed by atoms with van der Waals surface area (Å²) >= 11 is 0.